The molecule has 1 aromatic rings. The van der Waals surface area contributed by atoms with Crippen LogP contribution >= 0.6 is 11.8 Å². The number of rotatable bonds is 5. The van der Waals surface area contributed by atoms with E-state index >= 15 is 0 Å². The average Bonchev–Trinajstić information content (AvgIpc) is 2.30. The van der Waals surface area contributed by atoms with E-state index in [4.69, 9.17) is 5.73 Å². The monoisotopic (exact) mass is 328 g/mol. The molecule has 20 heavy (non-hydrogen) atoms. The molecule has 114 valence electrons. The summed E-state index contributed by atoms with van der Waals surface area (Å²) in [5.74, 6) is -0.386. The lowest BCUT2D eigenvalue weighted by atomic mass is 10.1. The van der Waals surface area contributed by atoms with Crippen LogP contribution in [-0.4, -0.2) is 26.2 Å². The van der Waals surface area contributed by atoms with E-state index in [0.29, 0.717) is 11.3 Å². The minimum absolute atomic E-state index is 0.0462. The van der Waals surface area contributed by atoms with Crippen LogP contribution in [0.3, 0.4) is 0 Å². The molecule has 0 aliphatic carbocycles. The summed E-state index contributed by atoms with van der Waals surface area (Å²) < 4.78 is 61.7. The van der Waals surface area contributed by atoms with Crippen molar-refractivity contribution < 1.29 is 21.6 Å². The zero-order valence-corrected chi connectivity index (χ0v) is 12.5. The van der Waals surface area contributed by atoms with Crippen LogP contribution in [0, 0.1) is 13.8 Å². The number of hydrogen-bond donors (Lipinski definition) is 2. The Bertz CT molecular complexity index is 563. The third-order valence-electron chi connectivity index (χ3n) is 2.65. The molecule has 0 unspecified atom stereocenters. The molecule has 0 heterocycles. The zero-order valence-electron chi connectivity index (χ0n) is 10.9. The third-order valence-corrected chi connectivity index (χ3v) is 4.83. The first-order valence-corrected chi connectivity index (χ1v) is 8.07. The Hall–Kier alpha value is -0.930. The largest absolute Gasteiger partial charge is 0.441 e. The van der Waals surface area contributed by atoms with Gasteiger partial charge in [0.1, 0.15) is 0 Å². The molecule has 0 spiro atoms. The van der Waals surface area contributed by atoms with Gasteiger partial charge in [-0.1, -0.05) is 0 Å². The van der Waals surface area contributed by atoms with E-state index in [1.54, 1.807) is 13.8 Å². The number of thioether (sulfide) groups is 1. The van der Waals surface area contributed by atoms with Gasteiger partial charge in [-0.3, -0.25) is 0 Å². The number of sulfonamides is 1. The quantitative estimate of drug-likeness (QED) is 0.643. The first kappa shape index (κ1) is 17.1. The fourth-order valence-corrected chi connectivity index (χ4v) is 3.15. The molecule has 0 aliphatic heterocycles. The Labute approximate surface area is 120 Å². The smallest absolute Gasteiger partial charge is 0.398 e. The molecular formula is C11H15F3N2O2S2. The van der Waals surface area contributed by atoms with Gasteiger partial charge < -0.3 is 5.73 Å². The summed E-state index contributed by atoms with van der Waals surface area (Å²) in [6.07, 6.45) is 0. The number of nitrogens with one attached hydrogen (secondary N) is 1. The van der Waals surface area contributed by atoms with Gasteiger partial charge in [0.05, 0.1) is 4.90 Å². The van der Waals surface area contributed by atoms with Gasteiger partial charge in [-0.2, -0.15) is 13.2 Å². The van der Waals surface area contributed by atoms with E-state index in [0.717, 1.165) is 5.56 Å². The summed E-state index contributed by atoms with van der Waals surface area (Å²) in [5, 5.41) is 0. The summed E-state index contributed by atoms with van der Waals surface area (Å²) in [4.78, 5) is -0.0462. The van der Waals surface area contributed by atoms with E-state index in [9.17, 15) is 21.6 Å². The first-order valence-electron chi connectivity index (χ1n) is 5.60. The van der Waals surface area contributed by atoms with Gasteiger partial charge in [0.2, 0.25) is 10.0 Å². The summed E-state index contributed by atoms with van der Waals surface area (Å²) >= 11 is -0.273. The molecule has 0 amide bonds. The third kappa shape index (κ3) is 4.88. The van der Waals surface area contributed by atoms with Crippen molar-refractivity contribution in [1.82, 2.24) is 4.72 Å². The van der Waals surface area contributed by atoms with Crippen LogP contribution < -0.4 is 10.5 Å². The number of nitrogens with two attached hydrogens (primary N) is 1. The summed E-state index contributed by atoms with van der Waals surface area (Å²) in [6.45, 7) is 3.16. The minimum Gasteiger partial charge on any atom is -0.398 e. The number of benzene rings is 1. The van der Waals surface area contributed by atoms with Gasteiger partial charge in [-0.25, -0.2) is 13.1 Å². The Balaban J connectivity index is 2.75. The van der Waals surface area contributed by atoms with E-state index < -0.39 is 15.5 Å². The molecule has 1 rings (SSSR count). The molecule has 0 aromatic heterocycles. The number of anilines is 1. The maximum atomic E-state index is 11.9. The van der Waals surface area contributed by atoms with Crippen molar-refractivity contribution in [2.24, 2.45) is 0 Å². The van der Waals surface area contributed by atoms with Crippen LogP contribution in [0.5, 0.6) is 0 Å². The van der Waals surface area contributed by atoms with Gasteiger partial charge in [-0.15, -0.1) is 0 Å². The SMILES string of the molecule is Cc1cc(S(=O)(=O)NCCSC(F)(F)F)cc(N)c1C. The number of hydrogen-bond acceptors (Lipinski definition) is 4. The van der Waals surface area contributed by atoms with Gasteiger partial charge in [0, 0.05) is 18.0 Å². The Morgan fingerprint density at radius 3 is 2.40 bits per heavy atom. The highest BCUT2D eigenvalue weighted by molar-refractivity contribution is 8.00. The summed E-state index contributed by atoms with van der Waals surface area (Å²) in [5.41, 5.74) is 3.13. The van der Waals surface area contributed by atoms with Crippen molar-refractivity contribution in [3.8, 4) is 0 Å². The lowest BCUT2D eigenvalue weighted by molar-refractivity contribution is -0.0327. The van der Waals surface area contributed by atoms with Gasteiger partial charge in [0.15, 0.2) is 0 Å². The second kappa shape index (κ2) is 6.23. The summed E-state index contributed by atoms with van der Waals surface area (Å²) in [6, 6.07) is 2.73. The Morgan fingerprint density at radius 2 is 1.90 bits per heavy atom. The predicted octanol–water partition coefficient (Wildman–Crippen LogP) is 2.42. The second-order valence-corrected chi connectivity index (χ2v) is 7.07. The fourth-order valence-electron chi connectivity index (χ4n) is 1.43. The van der Waals surface area contributed by atoms with Crippen LogP contribution in [-0.2, 0) is 10.0 Å². The van der Waals surface area contributed by atoms with Crippen molar-refractivity contribution in [3.05, 3.63) is 23.3 Å². The molecular weight excluding hydrogens is 313 g/mol. The number of alkyl halides is 3. The minimum atomic E-state index is -4.36. The first-order chi connectivity index (χ1) is 9.03. The van der Waals surface area contributed by atoms with Crippen molar-refractivity contribution in [2.45, 2.75) is 24.3 Å². The average molecular weight is 328 g/mol. The molecule has 3 N–H and O–H groups in total. The predicted molar refractivity (Wildman–Crippen MR) is 74.0 cm³/mol. The molecule has 0 saturated carbocycles. The maximum Gasteiger partial charge on any atom is 0.441 e. The molecule has 0 radical (unpaired) electrons. The molecule has 1 aromatic carbocycles. The van der Waals surface area contributed by atoms with Crippen LogP contribution in [0.4, 0.5) is 18.9 Å². The standard InChI is InChI=1S/C11H15F3N2O2S2/c1-7-5-9(6-10(15)8(7)2)20(17,18)16-3-4-19-11(12,13)14/h5-6,16H,3-4,15H2,1-2H3. The second-order valence-electron chi connectivity index (χ2n) is 4.15. The van der Waals surface area contributed by atoms with Gasteiger partial charge in [0.25, 0.3) is 0 Å². The molecule has 0 aliphatic rings. The number of aryl methyl sites for hydroxylation is 1. The zero-order chi connectivity index (χ0) is 15.6. The van der Waals surface area contributed by atoms with Gasteiger partial charge >= 0.3 is 5.51 Å². The van der Waals surface area contributed by atoms with E-state index in [2.05, 4.69) is 4.72 Å². The van der Waals surface area contributed by atoms with E-state index in [1.807, 2.05) is 0 Å². The van der Waals surface area contributed by atoms with Crippen molar-refractivity contribution in [2.75, 3.05) is 18.0 Å². The van der Waals surface area contributed by atoms with Crippen LogP contribution in [0.25, 0.3) is 0 Å². The number of nitrogen functional groups attached to an aromatic ring is 1. The van der Waals surface area contributed by atoms with Crippen LogP contribution in [0.15, 0.2) is 17.0 Å². The normalized spacial score (nSPS) is 12.7. The fraction of sp³-hybridized carbons (Fsp3) is 0.455. The highest BCUT2D eigenvalue weighted by atomic mass is 32.2. The lowest BCUT2D eigenvalue weighted by Crippen LogP contribution is -2.27. The van der Waals surface area contributed by atoms with Crippen molar-refractivity contribution in [1.29, 1.82) is 0 Å². The molecule has 0 bridgehead atoms. The van der Waals surface area contributed by atoms with E-state index in [-0.39, 0.29) is 29.0 Å². The molecule has 0 fully saturated rings. The maximum absolute atomic E-state index is 11.9. The van der Waals surface area contributed by atoms with Crippen LogP contribution in [0.2, 0.25) is 0 Å². The lowest BCUT2D eigenvalue weighted by Gasteiger charge is -2.11. The van der Waals surface area contributed by atoms with E-state index in [1.165, 1.54) is 12.1 Å². The Kier molecular flexibility index (Phi) is 5.33. The van der Waals surface area contributed by atoms with Crippen molar-refractivity contribution in [3.63, 3.8) is 0 Å². The highest BCUT2D eigenvalue weighted by Gasteiger charge is 2.27. The molecule has 0 saturated heterocycles. The molecule has 0 atom stereocenters. The topological polar surface area (TPSA) is 72.2 Å². The highest BCUT2D eigenvalue weighted by Crippen LogP contribution is 2.29. The van der Waals surface area contributed by atoms with Gasteiger partial charge in [-0.05, 0) is 48.9 Å². The van der Waals surface area contributed by atoms with Crippen LogP contribution in [0.1, 0.15) is 11.1 Å². The molecule has 4 nitrogen and oxygen atoms in total. The summed E-state index contributed by atoms with van der Waals surface area (Å²) in [7, 11) is -3.85. The Morgan fingerprint density at radius 1 is 1.30 bits per heavy atom. The van der Waals surface area contributed by atoms with Crippen molar-refractivity contribution >= 4 is 27.5 Å². The molecule has 9 heteroatoms. The number of halogens is 3.